The smallest absolute Gasteiger partial charge is 0.158 e. The first kappa shape index (κ1) is 12.3. The first-order valence-electron chi connectivity index (χ1n) is 5.02. The maximum absolute atomic E-state index is 9.17. The highest BCUT2D eigenvalue weighted by atomic mass is 16.3. The van der Waals surface area contributed by atoms with Gasteiger partial charge in [0, 0.05) is 0 Å². The van der Waals surface area contributed by atoms with Gasteiger partial charge in [-0.1, -0.05) is 24.3 Å². The molecule has 3 nitrogen and oxygen atoms in total. The summed E-state index contributed by atoms with van der Waals surface area (Å²) in [5, 5.41) is 20.2. The molecule has 0 saturated heterocycles. The van der Waals surface area contributed by atoms with E-state index in [1.807, 2.05) is 50.3 Å². The van der Waals surface area contributed by atoms with Crippen LogP contribution in [0.5, 0.6) is 11.5 Å². The monoisotopic (exact) mass is 219 g/mol. The highest BCUT2D eigenvalue weighted by Gasteiger charge is 1.99. The van der Waals surface area contributed by atoms with Crippen LogP contribution in [0.4, 0.5) is 0 Å². The number of benzene rings is 2. The number of phenols is 2. The van der Waals surface area contributed by atoms with Crippen LogP contribution in [0.3, 0.4) is 0 Å². The fourth-order valence-corrected chi connectivity index (χ4v) is 1.22. The summed E-state index contributed by atoms with van der Waals surface area (Å²) in [6, 6.07) is 10.6. The van der Waals surface area contributed by atoms with Crippen molar-refractivity contribution < 1.29 is 10.2 Å². The van der Waals surface area contributed by atoms with Crippen LogP contribution >= 0.6 is 0 Å². The molecule has 16 heavy (non-hydrogen) atoms. The van der Waals surface area contributed by atoms with E-state index in [0.717, 1.165) is 10.8 Å². The number of rotatable bonds is 0. The van der Waals surface area contributed by atoms with Gasteiger partial charge in [-0.25, -0.2) is 0 Å². The molecule has 86 valence electrons. The SMILES string of the molecule is CN(C)C.Oc1cc2ccccc2cc1O. The van der Waals surface area contributed by atoms with E-state index in [9.17, 15) is 0 Å². The van der Waals surface area contributed by atoms with Gasteiger partial charge >= 0.3 is 0 Å². The van der Waals surface area contributed by atoms with E-state index in [4.69, 9.17) is 10.2 Å². The lowest BCUT2D eigenvalue weighted by molar-refractivity contribution is 0.405. The maximum Gasteiger partial charge on any atom is 0.158 e. The van der Waals surface area contributed by atoms with E-state index in [1.54, 1.807) is 12.1 Å². The van der Waals surface area contributed by atoms with Crippen LogP contribution in [0.2, 0.25) is 0 Å². The third-order valence-corrected chi connectivity index (χ3v) is 1.84. The first-order valence-corrected chi connectivity index (χ1v) is 5.02. The van der Waals surface area contributed by atoms with Crippen LogP contribution in [-0.2, 0) is 0 Å². The summed E-state index contributed by atoms with van der Waals surface area (Å²) in [6.07, 6.45) is 0. The van der Waals surface area contributed by atoms with Gasteiger partial charge in [0.15, 0.2) is 11.5 Å². The number of aromatic hydroxyl groups is 2. The average molecular weight is 219 g/mol. The van der Waals surface area contributed by atoms with E-state index < -0.39 is 0 Å². The van der Waals surface area contributed by atoms with Crippen LogP contribution < -0.4 is 0 Å². The molecular formula is C13H17NO2. The number of phenolic OH excluding ortho intramolecular Hbond substituents is 2. The van der Waals surface area contributed by atoms with Crippen molar-refractivity contribution in [1.82, 2.24) is 4.90 Å². The van der Waals surface area contributed by atoms with E-state index in [0.29, 0.717) is 0 Å². The summed E-state index contributed by atoms with van der Waals surface area (Å²) < 4.78 is 0. The molecule has 2 rings (SSSR count). The average Bonchev–Trinajstić information content (AvgIpc) is 2.19. The van der Waals surface area contributed by atoms with Crippen molar-refractivity contribution in [2.75, 3.05) is 21.1 Å². The Hall–Kier alpha value is -1.74. The lowest BCUT2D eigenvalue weighted by atomic mass is 10.1. The second-order valence-electron chi connectivity index (χ2n) is 4.03. The highest BCUT2D eigenvalue weighted by molar-refractivity contribution is 5.85. The molecule has 0 aromatic heterocycles. The minimum atomic E-state index is -0.0753. The van der Waals surface area contributed by atoms with Gasteiger partial charge in [-0.05, 0) is 44.0 Å². The molecule has 0 heterocycles. The predicted octanol–water partition coefficient (Wildman–Crippen LogP) is 2.43. The molecule has 2 N–H and O–H groups in total. The van der Waals surface area contributed by atoms with Crippen LogP contribution in [0.25, 0.3) is 10.8 Å². The third kappa shape index (κ3) is 3.44. The van der Waals surface area contributed by atoms with Gasteiger partial charge in [-0.2, -0.15) is 0 Å². The Morgan fingerprint density at radius 1 is 0.812 bits per heavy atom. The van der Waals surface area contributed by atoms with Crippen molar-refractivity contribution in [3.05, 3.63) is 36.4 Å². The normalized spacial score (nSPS) is 10.0. The maximum atomic E-state index is 9.17. The van der Waals surface area contributed by atoms with Gasteiger partial charge in [0.25, 0.3) is 0 Å². The minimum absolute atomic E-state index is 0.0753. The Labute approximate surface area is 95.6 Å². The zero-order chi connectivity index (χ0) is 12.1. The molecule has 0 fully saturated rings. The molecule has 0 atom stereocenters. The van der Waals surface area contributed by atoms with E-state index in [-0.39, 0.29) is 11.5 Å². The molecular weight excluding hydrogens is 202 g/mol. The van der Waals surface area contributed by atoms with Crippen molar-refractivity contribution in [2.45, 2.75) is 0 Å². The Morgan fingerprint density at radius 2 is 1.12 bits per heavy atom. The molecule has 0 aliphatic rings. The van der Waals surface area contributed by atoms with Gasteiger partial charge in [0.2, 0.25) is 0 Å². The molecule has 0 saturated carbocycles. The Morgan fingerprint density at radius 3 is 1.44 bits per heavy atom. The number of hydrogen-bond donors (Lipinski definition) is 2. The molecule has 0 spiro atoms. The molecule has 0 radical (unpaired) electrons. The molecule has 0 aliphatic heterocycles. The molecule has 2 aromatic carbocycles. The zero-order valence-corrected chi connectivity index (χ0v) is 9.81. The van der Waals surface area contributed by atoms with Gasteiger partial charge in [-0.3, -0.25) is 0 Å². The topological polar surface area (TPSA) is 43.7 Å². The largest absolute Gasteiger partial charge is 0.504 e. The minimum Gasteiger partial charge on any atom is -0.504 e. The zero-order valence-electron chi connectivity index (χ0n) is 9.81. The summed E-state index contributed by atoms with van der Waals surface area (Å²) in [4.78, 5) is 2.00. The summed E-state index contributed by atoms with van der Waals surface area (Å²) in [5.74, 6) is -0.151. The molecule has 0 unspecified atom stereocenters. The second-order valence-corrected chi connectivity index (χ2v) is 4.03. The molecule has 0 amide bonds. The number of fused-ring (bicyclic) bond motifs is 1. The fraction of sp³-hybridized carbons (Fsp3) is 0.231. The van der Waals surface area contributed by atoms with Gasteiger partial charge < -0.3 is 15.1 Å². The Bertz CT molecular complexity index is 423. The van der Waals surface area contributed by atoms with E-state index >= 15 is 0 Å². The second kappa shape index (κ2) is 5.37. The quantitative estimate of drug-likeness (QED) is 0.669. The third-order valence-electron chi connectivity index (χ3n) is 1.84. The summed E-state index contributed by atoms with van der Waals surface area (Å²) >= 11 is 0. The van der Waals surface area contributed by atoms with Crippen LogP contribution in [0.1, 0.15) is 0 Å². The summed E-state index contributed by atoms with van der Waals surface area (Å²) in [7, 11) is 6.00. The summed E-state index contributed by atoms with van der Waals surface area (Å²) in [6.45, 7) is 0. The Balaban J connectivity index is 0.000000280. The van der Waals surface area contributed by atoms with Crippen molar-refractivity contribution in [1.29, 1.82) is 0 Å². The molecule has 3 heteroatoms. The highest BCUT2D eigenvalue weighted by Crippen LogP contribution is 2.29. The van der Waals surface area contributed by atoms with Crippen molar-refractivity contribution in [3.63, 3.8) is 0 Å². The van der Waals surface area contributed by atoms with Crippen molar-refractivity contribution in [2.24, 2.45) is 0 Å². The van der Waals surface area contributed by atoms with Crippen molar-refractivity contribution >= 4 is 10.8 Å². The fourth-order valence-electron chi connectivity index (χ4n) is 1.22. The van der Waals surface area contributed by atoms with Crippen molar-refractivity contribution in [3.8, 4) is 11.5 Å². The van der Waals surface area contributed by atoms with Gasteiger partial charge in [0.05, 0.1) is 0 Å². The standard InChI is InChI=1S/C10H8O2.C3H9N/c11-9-5-7-3-1-2-4-8(7)6-10(9)12;1-4(2)3/h1-6,11-12H;1-3H3. The van der Waals surface area contributed by atoms with Crippen LogP contribution in [0.15, 0.2) is 36.4 Å². The Kier molecular flexibility index (Phi) is 4.14. The van der Waals surface area contributed by atoms with Gasteiger partial charge in [-0.15, -0.1) is 0 Å². The van der Waals surface area contributed by atoms with Crippen LogP contribution in [0, 0.1) is 0 Å². The molecule has 0 bridgehead atoms. The summed E-state index contributed by atoms with van der Waals surface area (Å²) in [5.41, 5.74) is 0. The molecule has 2 aromatic rings. The van der Waals surface area contributed by atoms with Crippen LogP contribution in [-0.4, -0.2) is 36.3 Å². The van der Waals surface area contributed by atoms with Gasteiger partial charge in [0.1, 0.15) is 0 Å². The van der Waals surface area contributed by atoms with E-state index in [1.165, 1.54) is 0 Å². The molecule has 0 aliphatic carbocycles. The van der Waals surface area contributed by atoms with E-state index in [2.05, 4.69) is 0 Å². The predicted molar refractivity (Wildman–Crippen MR) is 66.9 cm³/mol. The lowest BCUT2D eigenvalue weighted by Crippen LogP contribution is -1.99. The first-order chi connectivity index (χ1) is 7.50. The number of hydrogen-bond acceptors (Lipinski definition) is 3. The number of nitrogens with zero attached hydrogens (tertiary/aromatic N) is 1. The lowest BCUT2D eigenvalue weighted by Gasteiger charge is -2.00.